The van der Waals surface area contributed by atoms with Crippen molar-refractivity contribution in [3.63, 3.8) is 0 Å². The highest BCUT2D eigenvalue weighted by molar-refractivity contribution is 7.12. The fourth-order valence-corrected chi connectivity index (χ4v) is 5.71. The summed E-state index contributed by atoms with van der Waals surface area (Å²) >= 11 is 1.55. The lowest BCUT2D eigenvalue weighted by Gasteiger charge is -2.41. The van der Waals surface area contributed by atoms with Crippen molar-refractivity contribution in [1.82, 2.24) is 15.1 Å². The highest BCUT2D eigenvalue weighted by Gasteiger charge is 2.32. The van der Waals surface area contributed by atoms with Gasteiger partial charge in [-0.3, -0.25) is 9.59 Å². The third-order valence-electron chi connectivity index (χ3n) is 6.78. The lowest BCUT2D eigenvalue weighted by atomic mass is 9.92. The average Bonchev–Trinajstić information content (AvgIpc) is 3.25. The first kappa shape index (κ1) is 22.0. The maximum absolute atomic E-state index is 12.7. The van der Waals surface area contributed by atoms with Crippen LogP contribution < -0.4 is 5.32 Å². The number of likely N-dealkylation sites (tertiary alicyclic amines) is 2. The largest absolute Gasteiger partial charge is 0.356 e. The molecule has 2 aromatic rings. The standard InChI is InChI=1S/C25H33N3O2S/c1-19-12-18-31-23(19)25(30)28-16-10-22(11-17-28)27-14-8-21(9-15-27)24(29)26-13-7-20-5-3-2-4-6-20/h2-6,12,18,21-22H,7-11,13-17H2,1H3,(H,26,29). The Bertz CT molecular complexity index is 866. The van der Waals surface area contributed by atoms with Gasteiger partial charge in [0.25, 0.3) is 5.91 Å². The van der Waals surface area contributed by atoms with E-state index < -0.39 is 0 Å². The predicted octanol–water partition coefficient (Wildman–Crippen LogP) is 3.73. The Morgan fingerprint density at radius 3 is 2.35 bits per heavy atom. The summed E-state index contributed by atoms with van der Waals surface area (Å²) in [6.07, 6.45) is 4.82. The van der Waals surface area contributed by atoms with E-state index in [0.29, 0.717) is 12.6 Å². The maximum atomic E-state index is 12.7. The molecule has 2 saturated heterocycles. The van der Waals surface area contributed by atoms with Crippen LogP contribution in [-0.4, -0.2) is 60.4 Å². The van der Waals surface area contributed by atoms with Crippen molar-refractivity contribution in [2.75, 3.05) is 32.7 Å². The Morgan fingerprint density at radius 1 is 1.00 bits per heavy atom. The molecule has 0 saturated carbocycles. The summed E-state index contributed by atoms with van der Waals surface area (Å²) in [6, 6.07) is 12.9. The number of amides is 2. The highest BCUT2D eigenvalue weighted by atomic mass is 32.1. The lowest BCUT2D eigenvalue weighted by Crippen LogP contribution is -2.50. The zero-order valence-corrected chi connectivity index (χ0v) is 19.2. The molecule has 0 radical (unpaired) electrons. The molecular formula is C25H33N3O2S. The number of nitrogens with one attached hydrogen (secondary N) is 1. The number of nitrogens with zero attached hydrogens (tertiary/aromatic N) is 2. The fraction of sp³-hybridized carbons (Fsp3) is 0.520. The van der Waals surface area contributed by atoms with E-state index in [0.717, 1.165) is 68.7 Å². The van der Waals surface area contributed by atoms with Crippen LogP contribution in [0.3, 0.4) is 0 Å². The quantitative estimate of drug-likeness (QED) is 0.746. The molecule has 0 atom stereocenters. The summed E-state index contributed by atoms with van der Waals surface area (Å²) in [5.74, 6) is 0.537. The van der Waals surface area contributed by atoms with E-state index in [2.05, 4.69) is 22.3 Å². The van der Waals surface area contributed by atoms with Crippen LogP contribution in [0.15, 0.2) is 41.8 Å². The molecule has 6 heteroatoms. The minimum atomic E-state index is 0.135. The maximum Gasteiger partial charge on any atom is 0.264 e. The molecule has 0 bridgehead atoms. The summed E-state index contributed by atoms with van der Waals surface area (Å²) in [6.45, 7) is 6.36. The molecule has 0 aliphatic carbocycles. The van der Waals surface area contributed by atoms with Crippen molar-refractivity contribution in [1.29, 1.82) is 0 Å². The third-order valence-corrected chi connectivity index (χ3v) is 7.78. The van der Waals surface area contributed by atoms with Gasteiger partial charge in [0.1, 0.15) is 0 Å². The van der Waals surface area contributed by atoms with Gasteiger partial charge in [-0.05, 0) is 74.7 Å². The van der Waals surface area contributed by atoms with Crippen molar-refractivity contribution in [2.24, 2.45) is 5.92 Å². The number of hydrogen-bond donors (Lipinski definition) is 1. The van der Waals surface area contributed by atoms with Crippen LogP contribution in [0.25, 0.3) is 0 Å². The molecule has 5 nitrogen and oxygen atoms in total. The molecule has 1 aromatic heterocycles. The normalized spacial score (nSPS) is 18.8. The van der Waals surface area contributed by atoms with Gasteiger partial charge in [-0.2, -0.15) is 0 Å². The molecule has 1 aromatic carbocycles. The molecule has 2 amide bonds. The van der Waals surface area contributed by atoms with Crippen LogP contribution >= 0.6 is 11.3 Å². The molecular weight excluding hydrogens is 406 g/mol. The second-order valence-corrected chi connectivity index (χ2v) is 9.71. The molecule has 2 fully saturated rings. The number of carbonyl (C=O) groups excluding carboxylic acids is 2. The molecule has 3 heterocycles. The zero-order chi connectivity index (χ0) is 21.6. The number of aryl methyl sites for hydroxylation is 1. The van der Waals surface area contributed by atoms with Crippen molar-refractivity contribution >= 4 is 23.2 Å². The second-order valence-electron chi connectivity index (χ2n) is 8.79. The van der Waals surface area contributed by atoms with E-state index in [4.69, 9.17) is 0 Å². The van der Waals surface area contributed by atoms with Gasteiger partial charge in [-0.15, -0.1) is 11.3 Å². The summed E-state index contributed by atoms with van der Waals surface area (Å²) in [5, 5.41) is 5.13. The summed E-state index contributed by atoms with van der Waals surface area (Å²) in [7, 11) is 0. The predicted molar refractivity (Wildman–Crippen MR) is 125 cm³/mol. The van der Waals surface area contributed by atoms with Gasteiger partial charge in [0.05, 0.1) is 4.88 Å². The Morgan fingerprint density at radius 2 is 1.71 bits per heavy atom. The van der Waals surface area contributed by atoms with Crippen molar-refractivity contribution in [2.45, 2.75) is 45.1 Å². The van der Waals surface area contributed by atoms with Gasteiger partial charge in [-0.1, -0.05) is 30.3 Å². The highest BCUT2D eigenvalue weighted by Crippen LogP contribution is 2.26. The minimum Gasteiger partial charge on any atom is -0.356 e. The Labute approximate surface area is 189 Å². The van der Waals surface area contributed by atoms with Crippen molar-refractivity contribution in [3.8, 4) is 0 Å². The average molecular weight is 440 g/mol. The molecule has 31 heavy (non-hydrogen) atoms. The smallest absolute Gasteiger partial charge is 0.264 e. The van der Waals surface area contributed by atoms with Gasteiger partial charge in [-0.25, -0.2) is 0 Å². The van der Waals surface area contributed by atoms with Crippen LogP contribution in [0.4, 0.5) is 0 Å². The van der Waals surface area contributed by atoms with Crippen molar-refractivity contribution < 1.29 is 9.59 Å². The Kier molecular flexibility index (Phi) is 7.41. The van der Waals surface area contributed by atoms with Gasteiger partial charge < -0.3 is 15.1 Å². The topological polar surface area (TPSA) is 52.7 Å². The van der Waals surface area contributed by atoms with Crippen LogP contribution in [0, 0.1) is 12.8 Å². The van der Waals surface area contributed by atoms with Gasteiger partial charge in [0.15, 0.2) is 0 Å². The number of rotatable bonds is 6. The van der Waals surface area contributed by atoms with Gasteiger partial charge >= 0.3 is 0 Å². The van der Waals surface area contributed by atoms with Crippen molar-refractivity contribution in [3.05, 3.63) is 57.8 Å². The molecule has 0 unspecified atom stereocenters. The minimum absolute atomic E-state index is 0.135. The number of thiophene rings is 1. The first-order chi connectivity index (χ1) is 15.1. The molecule has 0 spiro atoms. The SMILES string of the molecule is Cc1ccsc1C(=O)N1CCC(N2CCC(C(=O)NCCc3ccccc3)CC2)CC1. The Balaban J connectivity index is 1.17. The number of benzene rings is 1. The number of hydrogen-bond acceptors (Lipinski definition) is 4. The van der Waals surface area contributed by atoms with Gasteiger partial charge in [0, 0.05) is 31.6 Å². The van der Waals surface area contributed by atoms with E-state index in [1.807, 2.05) is 41.5 Å². The number of carbonyl (C=O) groups is 2. The van der Waals surface area contributed by atoms with E-state index in [-0.39, 0.29) is 17.7 Å². The Hall–Kier alpha value is -2.18. The molecule has 2 aliphatic heterocycles. The monoisotopic (exact) mass is 439 g/mol. The summed E-state index contributed by atoms with van der Waals surface area (Å²) < 4.78 is 0. The molecule has 1 N–H and O–H groups in total. The van der Waals surface area contributed by atoms with E-state index in [9.17, 15) is 9.59 Å². The van der Waals surface area contributed by atoms with Crippen LogP contribution in [0.1, 0.15) is 46.5 Å². The summed E-state index contributed by atoms with van der Waals surface area (Å²) in [5.41, 5.74) is 2.35. The van der Waals surface area contributed by atoms with Crippen LogP contribution in [0.2, 0.25) is 0 Å². The summed E-state index contributed by atoms with van der Waals surface area (Å²) in [4.78, 5) is 30.7. The first-order valence-electron chi connectivity index (χ1n) is 11.5. The van der Waals surface area contributed by atoms with Crippen LogP contribution in [-0.2, 0) is 11.2 Å². The molecule has 2 aliphatic rings. The lowest BCUT2D eigenvalue weighted by molar-refractivity contribution is -0.126. The number of piperidine rings is 2. The molecule has 4 rings (SSSR count). The second kappa shape index (κ2) is 10.4. The zero-order valence-electron chi connectivity index (χ0n) is 18.4. The fourth-order valence-electron chi connectivity index (χ4n) is 4.82. The third kappa shape index (κ3) is 5.55. The molecule has 166 valence electrons. The van der Waals surface area contributed by atoms with Crippen LogP contribution in [0.5, 0.6) is 0 Å². The van der Waals surface area contributed by atoms with E-state index in [1.165, 1.54) is 5.56 Å². The van der Waals surface area contributed by atoms with E-state index in [1.54, 1.807) is 11.3 Å². The van der Waals surface area contributed by atoms with Gasteiger partial charge in [0.2, 0.25) is 5.91 Å². The van der Waals surface area contributed by atoms with E-state index >= 15 is 0 Å². The first-order valence-corrected chi connectivity index (χ1v) is 12.4.